The smallest absolute Gasteiger partial charge is 0.127 e. The van der Waals surface area contributed by atoms with Crippen molar-refractivity contribution in [2.24, 2.45) is 11.8 Å². The van der Waals surface area contributed by atoms with Gasteiger partial charge in [-0.1, -0.05) is 0 Å². The molecule has 1 aliphatic heterocycles. The number of alkyl halides is 2. The lowest BCUT2D eigenvalue weighted by atomic mass is 10.2. The molecule has 1 heterocycles. The molecule has 10 heavy (non-hydrogen) atoms. The molecule has 2 fully saturated rings. The number of nitrogens with zero attached hydrogens (tertiary/aromatic N) is 1. The molecule has 1 saturated carbocycles. The molecule has 0 aromatic heterocycles. The zero-order valence-electron chi connectivity index (χ0n) is 6.14. The van der Waals surface area contributed by atoms with Gasteiger partial charge in [-0.15, -0.1) is 23.2 Å². The summed E-state index contributed by atoms with van der Waals surface area (Å²) < 4.78 is -0.383. The van der Waals surface area contributed by atoms with Gasteiger partial charge in [-0.05, 0) is 14.0 Å². The first-order chi connectivity index (χ1) is 4.55. The van der Waals surface area contributed by atoms with E-state index in [4.69, 9.17) is 23.2 Å². The molecule has 0 aromatic rings. The maximum absolute atomic E-state index is 6.01. The minimum absolute atomic E-state index is 0.383. The Bertz CT molecular complexity index is 167. The van der Waals surface area contributed by atoms with Crippen molar-refractivity contribution < 1.29 is 0 Å². The summed E-state index contributed by atoms with van der Waals surface area (Å²) in [5, 5.41) is 0. The summed E-state index contributed by atoms with van der Waals surface area (Å²) in [6, 6.07) is 0.569. The van der Waals surface area contributed by atoms with E-state index in [0.29, 0.717) is 17.9 Å². The van der Waals surface area contributed by atoms with E-state index >= 15 is 0 Å². The van der Waals surface area contributed by atoms with Gasteiger partial charge in [0.25, 0.3) is 0 Å². The van der Waals surface area contributed by atoms with Crippen molar-refractivity contribution in [3.8, 4) is 0 Å². The van der Waals surface area contributed by atoms with Crippen LogP contribution in [0, 0.1) is 11.8 Å². The third-order valence-corrected chi connectivity index (χ3v) is 4.03. The van der Waals surface area contributed by atoms with Crippen molar-refractivity contribution in [1.29, 1.82) is 0 Å². The minimum atomic E-state index is -0.383. The van der Waals surface area contributed by atoms with Crippen molar-refractivity contribution in [2.45, 2.75) is 17.3 Å². The quantitative estimate of drug-likeness (QED) is 0.513. The second-order valence-electron chi connectivity index (χ2n) is 3.49. The van der Waals surface area contributed by atoms with Crippen LogP contribution in [0.2, 0.25) is 0 Å². The van der Waals surface area contributed by atoms with Gasteiger partial charge >= 0.3 is 0 Å². The Morgan fingerprint density at radius 3 is 2.40 bits per heavy atom. The fraction of sp³-hybridized carbons (Fsp3) is 1.00. The van der Waals surface area contributed by atoms with Crippen molar-refractivity contribution in [3.63, 3.8) is 0 Å². The molecule has 58 valence electrons. The fourth-order valence-corrected chi connectivity index (χ4v) is 3.01. The van der Waals surface area contributed by atoms with Gasteiger partial charge < -0.3 is 4.90 Å². The van der Waals surface area contributed by atoms with E-state index in [-0.39, 0.29) is 4.33 Å². The van der Waals surface area contributed by atoms with Crippen LogP contribution >= 0.6 is 23.2 Å². The highest BCUT2D eigenvalue weighted by Crippen LogP contribution is 2.64. The summed E-state index contributed by atoms with van der Waals surface area (Å²) in [6.45, 7) is 3.26. The Morgan fingerprint density at radius 2 is 2.10 bits per heavy atom. The SMILES string of the molecule is C[C@@H]1[C@@H]2[C@H](CN1C)C2(Cl)Cl. The van der Waals surface area contributed by atoms with Crippen LogP contribution in [-0.2, 0) is 0 Å². The zero-order chi connectivity index (χ0) is 7.52. The Labute approximate surface area is 71.3 Å². The molecule has 0 unspecified atom stereocenters. The molecule has 3 heteroatoms. The highest BCUT2D eigenvalue weighted by molar-refractivity contribution is 6.51. The average Bonchev–Trinajstić information content (AvgIpc) is 2.12. The summed E-state index contributed by atoms with van der Waals surface area (Å²) in [7, 11) is 2.13. The van der Waals surface area contributed by atoms with Crippen molar-refractivity contribution in [3.05, 3.63) is 0 Å². The Kier molecular flexibility index (Phi) is 1.31. The van der Waals surface area contributed by atoms with Crippen LogP contribution in [0.3, 0.4) is 0 Å². The molecule has 2 aliphatic rings. The first-order valence-corrected chi connectivity index (χ1v) is 4.39. The predicted molar refractivity (Wildman–Crippen MR) is 43.5 cm³/mol. The molecule has 1 saturated heterocycles. The lowest BCUT2D eigenvalue weighted by molar-refractivity contribution is 0.284. The van der Waals surface area contributed by atoms with Gasteiger partial charge in [0.05, 0.1) is 0 Å². The van der Waals surface area contributed by atoms with E-state index in [0.717, 1.165) is 6.54 Å². The van der Waals surface area contributed by atoms with Crippen LogP contribution in [0.25, 0.3) is 0 Å². The molecule has 1 aliphatic carbocycles. The molecule has 0 aromatic carbocycles. The van der Waals surface area contributed by atoms with E-state index in [1.54, 1.807) is 0 Å². The Hall–Kier alpha value is 0.540. The lowest BCUT2D eigenvalue weighted by Gasteiger charge is -2.21. The summed E-state index contributed by atoms with van der Waals surface area (Å²) in [6.07, 6.45) is 0. The monoisotopic (exact) mass is 179 g/mol. The standard InChI is InChI=1S/C7H11Cl2N/c1-4-6-5(3-10(4)2)7(6,8)9/h4-6H,3H2,1-2H3/t4-,5+,6-/m1/s1. The third-order valence-electron chi connectivity index (χ3n) is 2.96. The molecule has 2 rings (SSSR count). The number of hydrogen-bond acceptors (Lipinski definition) is 1. The summed E-state index contributed by atoms with van der Waals surface area (Å²) in [4.78, 5) is 2.32. The van der Waals surface area contributed by atoms with Gasteiger partial charge in [-0.2, -0.15) is 0 Å². The molecule has 0 amide bonds. The second-order valence-corrected chi connectivity index (χ2v) is 4.93. The van der Waals surface area contributed by atoms with Gasteiger partial charge in [0, 0.05) is 24.4 Å². The van der Waals surface area contributed by atoms with Crippen LogP contribution in [0.1, 0.15) is 6.92 Å². The Balaban J connectivity index is 2.13. The van der Waals surface area contributed by atoms with Crippen LogP contribution in [-0.4, -0.2) is 28.9 Å². The maximum atomic E-state index is 6.01. The van der Waals surface area contributed by atoms with Crippen LogP contribution < -0.4 is 0 Å². The zero-order valence-corrected chi connectivity index (χ0v) is 7.65. The van der Waals surface area contributed by atoms with Crippen LogP contribution in [0.5, 0.6) is 0 Å². The molecule has 0 radical (unpaired) electrons. The molecule has 1 nitrogen and oxygen atoms in total. The van der Waals surface area contributed by atoms with E-state index in [1.807, 2.05) is 0 Å². The molecule has 0 spiro atoms. The van der Waals surface area contributed by atoms with E-state index < -0.39 is 0 Å². The molecule has 3 atom stereocenters. The number of rotatable bonds is 0. The second kappa shape index (κ2) is 1.82. The predicted octanol–water partition coefficient (Wildman–Crippen LogP) is 1.74. The van der Waals surface area contributed by atoms with Gasteiger partial charge in [0.2, 0.25) is 0 Å². The number of fused-ring (bicyclic) bond motifs is 1. The summed E-state index contributed by atoms with van der Waals surface area (Å²) in [5.41, 5.74) is 0. The molecular formula is C7H11Cl2N. The van der Waals surface area contributed by atoms with Gasteiger partial charge in [0.1, 0.15) is 4.33 Å². The minimum Gasteiger partial charge on any atom is -0.303 e. The third kappa shape index (κ3) is 0.689. The number of likely N-dealkylation sites (tertiary alicyclic amines) is 1. The van der Waals surface area contributed by atoms with E-state index in [1.165, 1.54) is 0 Å². The lowest BCUT2D eigenvalue weighted by Crippen LogP contribution is -2.30. The van der Waals surface area contributed by atoms with E-state index in [2.05, 4.69) is 18.9 Å². The topological polar surface area (TPSA) is 3.24 Å². The van der Waals surface area contributed by atoms with Crippen molar-refractivity contribution in [1.82, 2.24) is 4.90 Å². The normalized spacial score (nSPS) is 51.0. The highest BCUT2D eigenvalue weighted by atomic mass is 35.5. The Morgan fingerprint density at radius 1 is 1.50 bits per heavy atom. The number of piperidine rings is 1. The maximum Gasteiger partial charge on any atom is 0.127 e. The summed E-state index contributed by atoms with van der Waals surface area (Å²) >= 11 is 12.0. The summed E-state index contributed by atoms with van der Waals surface area (Å²) in [5.74, 6) is 1.07. The molecule has 0 bridgehead atoms. The first kappa shape index (κ1) is 7.20. The molecular weight excluding hydrogens is 169 g/mol. The largest absolute Gasteiger partial charge is 0.303 e. The average molecular weight is 180 g/mol. The van der Waals surface area contributed by atoms with Gasteiger partial charge in [0.15, 0.2) is 0 Å². The van der Waals surface area contributed by atoms with Crippen LogP contribution in [0.15, 0.2) is 0 Å². The van der Waals surface area contributed by atoms with Gasteiger partial charge in [-0.25, -0.2) is 0 Å². The number of hydrogen-bond donors (Lipinski definition) is 0. The first-order valence-electron chi connectivity index (χ1n) is 3.63. The fourth-order valence-electron chi connectivity index (χ4n) is 2.06. The van der Waals surface area contributed by atoms with Crippen LogP contribution in [0.4, 0.5) is 0 Å². The van der Waals surface area contributed by atoms with Crippen molar-refractivity contribution in [2.75, 3.05) is 13.6 Å². The van der Waals surface area contributed by atoms with Gasteiger partial charge in [-0.3, -0.25) is 0 Å². The van der Waals surface area contributed by atoms with E-state index in [9.17, 15) is 0 Å². The van der Waals surface area contributed by atoms with Crippen molar-refractivity contribution >= 4 is 23.2 Å². The number of halogens is 2. The molecule has 0 N–H and O–H groups in total. The highest BCUT2D eigenvalue weighted by Gasteiger charge is 2.69.